The van der Waals surface area contributed by atoms with Crippen molar-refractivity contribution in [2.24, 2.45) is 5.73 Å². The molecule has 4 rings (SSSR count). The van der Waals surface area contributed by atoms with Crippen molar-refractivity contribution in [3.8, 4) is 34.3 Å². The molecule has 2 heterocycles. The Morgan fingerprint density at radius 1 is 1.00 bits per heavy atom. The van der Waals surface area contributed by atoms with Gasteiger partial charge in [0.25, 0.3) is 5.89 Å². The maximum Gasteiger partial charge on any atom is 0.268 e. The summed E-state index contributed by atoms with van der Waals surface area (Å²) in [6, 6.07) is 14.2. The third-order valence-corrected chi connectivity index (χ3v) is 7.26. The number of aromatic nitrogens is 4. The van der Waals surface area contributed by atoms with Gasteiger partial charge >= 0.3 is 0 Å². The van der Waals surface area contributed by atoms with Crippen molar-refractivity contribution in [2.45, 2.75) is 37.5 Å². The number of rotatable bonds is 6. The van der Waals surface area contributed by atoms with Gasteiger partial charge in [-0.1, -0.05) is 24.3 Å². The molecule has 0 fully saturated rings. The highest BCUT2D eigenvalue weighted by atomic mass is 32.2. The minimum absolute atomic E-state index is 0.254. The van der Waals surface area contributed by atoms with Gasteiger partial charge in [-0.25, -0.2) is 13.4 Å². The van der Waals surface area contributed by atoms with E-state index in [2.05, 4.69) is 20.2 Å². The van der Waals surface area contributed by atoms with Gasteiger partial charge in [-0.05, 0) is 50.6 Å². The smallest absolute Gasteiger partial charge is 0.268 e. The summed E-state index contributed by atoms with van der Waals surface area (Å²) in [6.45, 7) is 5.54. The van der Waals surface area contributed by atoms with Crippen LogP contribution in [-0.4, -0.2) is 33.8 Å². The quantitative estimate of drug-likeness (QED) is 0.471. The molecule has 0 bridgehead atoms. The van der Waals surface area contributed by atoms with E-state index in [4.69, 9.17) is 10.2 Å². The number of hydrogen-bond acceptors (Lipinski definition) is 8. The van der Waals surface area contributed by atoms with Crippen LogP contribution in [0.2, 0.25) is 0 Å². The molecule has 9 heteroatoms. The van der Waals surface area contributed by atoms with E-state index >= 15 is 0 Å². The monoisotopic (exact) mass is 449 g/mol. The Bertz CT molecular complexity index is 1360. The number of benzene rings is 2. The molecule has 0 radical (unpaired) electrons. The van der Waals surface area contributed by atoms with E-state index in [0.717, 1.165) is 16.7 Å². The predicted octanol–water partition coefficient (Wildman–Crippen LogP) is 3.81. The highest BCUT2D eigenvalue weighted by molar-refractivity contribution is 7.92. The summed E-state index contributed by atoms with van der Waals surface area (Å²) in [4.78, 5) is 9.34. The van der Waals surface area contributed by atoms with Crippen LogP contribution in [-0.2, 0) is 16.4 Å². The van der Waals surface area contributed by atoms with Crippen molar-refractivity contribution >= 4 is 9.84 Å². The van der Waals surface area contributed by atoms with Crippen LogP contribution in [0.15, 0.2) is 64.0 Å². The third kappa shape index (κ3) is 4.17. The first-order valence-electron chi connectivity index (χ1n) is 10.1. The van der Waals surface area contributed by atoms with Crippen molar-refractivity contribution in [1.82, 2.24) is 20.2 Å². The molecule has 0 saturated heterocycles. The van der Waals surface area contributed by atoms with Crippen molar-refractivity contribution in [3.63, 3.8) is 0 Å². The molecule has 0 amide bonds. The Balaban J connectivity index is 1.68. The summed E-state index contributed by atoms with van der Waals surface area (Å²) in [7, 11) is -3.34. The van der Waals surface area contributed by atoms with Gasteiger partial charge in [0.05, 0.1) is 27.7 Å². The first kappa shape index (κ1) is 21.8. The standard InChI is InChI=1S/C23H23N5O3S/c1-14(2)32(29,30)19-9-7-17(8-10-19)20-13-25-15(3)21(26-20)23-28-27-22(31-23)18-6-4-5-16(11-18)12-24/h4-11,13-14H,12,24H2,1-3H3. The second kappa shape index (κ2) is 8.60. The second-order valence-electron chi connectivity index (χ2n) is 7.62. The second-order valence-corrected chi connectivity index (χ2v) is 10.1. The molecular formula is C23H23N5O3S. The van der Waals surface area contributed by atoms with Crippen LogP contribution in [0.4, 0.5) is 0 Å². The highest BCUT2D eigenvalue weighted by Crippen LogP contribution is 2.28. The molecular weight excluding hydrogens is 426 g/mol. The minimum atomic E-state index is -3.34. The molecule has 8 nitrogen and oxygen atoms in total. The minimum Gasteiger partial charge on any atom is -0.415 e. The van der Waals surface area contributed by atoms with Crippen molar-refractivity contribution in [2.75, 3.05) is 0 Å². The van der Waals surface area contributed by atoms with Gasteiger partial charge in [-0.2, -0.15) is 0 Å². The number of nitrogens with zero attached hydrogens (tertiary/aromatic N) is 4. The van der Waals surface area contributed by atoms with Crippen LogP contribution in [0.25, 0.3) is 34.3 Å². The lowest BCUT2D eigenvalue weighted by molar-refractivity contribution is 0.581. The van der Waals surface area contributed by atoms with E-state index in [-0.39, 0.29) is 10.8 Å². The fourth-order valence-corrected chi connectivity index (χ4v) is 4.21. The third-order valence-electron chi connectivity index (χ3n) is 5.09. The normalized spacial score (nSPS) is 11.8. The Labute approximate surface area is 186 Å². The highest BCUT2D eigenvalue weighted by Gasteiger charge is 2.20. The summed E-state index contributed by atoms with van der Waals surface area (Å²) >= 11 is 0. The lowest BCUT2D eigenvalue weighted by atomic mass is 10.1. The Morgan fingerprint density at radius 2 is 1.72 bits per heavy atom. The van der Waals surface area contributed by atoms with E-state index in [9.17, 15) is 8.42 Å². The number of aryl methyl sites for hydroxylation is 1. The maximum atomic E-state index is 12.4. The van der Waals surface area contributed by atoms with E-state index in [1.54, 1.807) is 44.3 Å². The van der Waals surface area contributed by atoms with Crippen molar-refractivity contribution < 1.29 is 12.8 Å². The molecule has 0 atom stereocenters. The molecule has 0 aliphatic carbocycles. The van der Waals surface area contributed by atoms with Gasteiger partial charge in [0.2, 0.25) is 5.89 Å². The lowest BCUT2D eigenvalue weighted by Crippen LogP contribution is -2.13. The SMILES string of the molecule is Cc1ncc(-c2ccc(S(=O)(=O)C(C)C)cc2)nc1-c1nnc(-c2cccc(CN)c2)o1. The first-order chi connectivity index (χ1) is 15.3. The summed E-state index contributed by atoms with van der Waals surface area (Å²) in [5.41, 5.74) is 9.86. The number of nitrogens with two attached hydrogens (primary N) is 1. The fourth-order valence-electron chi connectivity index (χ4n) is 3.15. The maximum absolute atomic E-state index is 12.4. The molecule has 2 aromatic carbocycles. The summed E-state index contributed by atoms with van der Waals surface area (Å²) in [6.07, 6.45) is 1.63. The topological polar surface area (TPSA) is 125 Å². The van der Waals surface area contributed by atoms with Gasteiger partial charge in [0.1, 0.15) is 5.69 Å². The molecule has 0 aliphatic heterocycles. The van der Waals surface area contributed by atoms with E-state index in [0.29, 0.717) is 29.5 Å². The average Bonchev–Trinajstić information content (AvgIpc) is 3.29. The van der Waals surface area contributed by atoms with Gasteiger partial charge in [0.15, 0.2) is 9.84 Å². The van der Waals surface area contributed by atoms with Crippen LogP contribution in [0.3, 0.4) is 0 Å². The Morgan fingerprint density at radius 3 is 2.41 bits per heavy atom. The zero-order valence-corrected chi connectivity index (χ0v) is 18.8. The molecule has 2 aromatic heterocycles. The lowest BCUT2D eigenvalue weighted by Gasteiger charge is -2.09. The molecule has 4 aromatic rings. The van der Waals surface area contributed by atoms with Crippen molar-refractivity contribution in [3.05, 3.63) is 66.0 Å². The number of hydrogen-bond donors (Lipinski definition) is 1. The van der Waals surface area contributed by atoms with Gasteiger partial charge in [0, 0.05) is 17.7 Å². The summed E-state index contributed by atoms with van der Waals surface area (Å²) < 4.78 is 30.6. The van der Waals surface area contributed by atoms with Crippen LogP contribution in [0.5, 0.6) is 0 Å². The predicted molar refractivity (Wildman–Crippen MR) is 121 cm³/mol. The Hall–Kier alpha value is -3.43. The van der Waals surface area contributed by atoms with Crippen LogP contribution < -0.4 is 5.73 Å². The zero-order valence-electron chi connectivity index (χ0n) is 18.0. The van der Waals surface area contributed by atoms with Gasteiger partial charge in [-0.15, -0.1) is 10.2 Å². The van der Waals surface area contributed by atoms with Crippen LogP contribution in [0.1, 0.15) is 25.1 Å². The van der Waals surface area contributed by atoms with Crippen molar-refractivity contribution in [1.29, 1.82) is 0 Å². The summed E-state index contributed by atoms with van der Waals surface area (Å²) in [5, 5.41) is 7.81. The molecule has 2 N–H and O–H groups in total. The fraction of sp³-hybridized carbons (Fsp3) is 0.217. The van der Waals surface area contributed by atoms with Crippen LogP contribution in [0, 0.1) is 6.92 Å². The van der Waals surface area contributed by atoms with E-state index in [1.807, 2.05) is 31.2 Å². The largest absolute Gasteiger partial charge is 0.415 e. The van der Waals surface area contributed by atoms with E-state index in [1.165, 1.54) is 0 Å². The molecule has 0 unspecified atom stereocenters. The first-order valence-corrected chi connectivity index (χ1v) is 11.7. The average molecular weight is 450 g/mol. The molecule has 32 heavy (non-hydrogen) atoms. The van der Waals surface area contributed by atoms with E-state index < -0.39 is 15.1 Å². The van der Waals surface area contributed by atoms with Crippen LogP contribution >= 0.6 is 0 Å². The molecule has 0 spiro atoms. The zero-order chi connectivity index (χ0) is 22.9. The summed E-state index contributed by atoms with van der Waals surface area (Å²) in [5.74, 6) is 0.620. The number of sulfone groups is 1. The molecule has 164 valence electrons. The van der Waals surface area contributed by atoms with Gasteiger partial charge < -0.3 is 10.2 Å². The molecule has 0 aliphatic rings. The van der Waals surface area contributed by atoms with Gasteiger partial charge in [-0.3, -0.25) is 4.98 Å². The molecule has 0 saturated carbocycles. The Kier molecular flexibility index (Phi) is 5.86.